The van der Waals surface area contributed by atoms with Gasteiger partial charge in [-0.25, -0.2) is 4.98 Å². The molecular formula is C22H22ClN3O2. The Morgan fingerprint density at radius 1 is 1.07 bits per heavy atom. The molecule has 0 unspecified atom stereocenters. The number of nitrogens with zero attached hydrogens (tertiary/aromatic N) is 1. The number of halogens is 1. The summed E-state index contributed by atoms with van der Waals surface area (Å²) in [5.41, 5.74) is 2.30. The number of aromatic nitrogens is 1. The molecule has 0 saturated heterocycles. The molecule has 1 aromatic heterocycles. The van der Waals surface area contributed by atoms with Crippen LogP contribution in [-0.2, 0) is 6.54 Å². The van der Waals surface area contributed by atoms with Gasteiger partial charge in [0.15, 0.2) is 0 Å². The Labute approximate surface area is 169 Å². The monoisotopic (exact) mass is 395 g/mol. The van der Waals surface area contributed by atoms with Crippen LogP contribution in [0.25, 0.3) is 0 Å². The molecule has 2 N–H and O–H groups in total. The van der Waals surface area contributed by atoms with Crippen molar-refractivity contribution in [3.05, 3.63) is 83.0 Å². The minimum absolute atomic E-state index is 0.107. The van der Waals surface area contributed by atoms with Gasteiger partial charge in [-0.2, -0.15) is 0 Å². The Morgan fingerprint density at radius 2 is 1.79 bits per heavy atom. The number of amides is 1. The molecule has 0 radical (unpaired) electrons. The molecule has 5 nitrogen and oxygen atoms in total. The summed E-state index contributed by atoms with van der Waals surface area (Å²) in [4.78, 5) is 16.8. The van der Waals surface area contributed by atoms with Crippen LogP contribution in [0.5, 0.6) is 5.75 Å². The third-order valence-electron chi connectivity index (χ3n) is 3.89. The predicted octanol–water partition coefficient (Wildman–Crippen LogP) is 5.39. The molecule has 3 aromatic rings. The zero-order valence-electron chi connectivity index (χ0n) is 15.8. The Kier molecular flexibility index (Phi) is 6.50. The summed E-state index contributed by atoms with van der Waals surface area (Å²) in [6.07, 6.45) is 1.72. The van der Waals surface area contributed by atoms with Gasteiger partial charge >= 0.3 is 0 Å². The molecule has 1 heterocycles. The molecule has 0 bridgehead atoms. The molecule has 3 rings (SSSR count). The fraction of sp³-hybridized carbons (Fsp3) is 0.182. The van der Waals surface area contributed by atoms with Crippen LogP contribution in [0.15, 0.2) is 66.9 Å². The normalized spacial score (nSPS) is 10.6. The second-order valence-corrected chi connectivity index (χ2v) is 6.99. The van der Waals surface area contributed by atoms with E-state index in [1.165, 1.54) is 0 Å². The van der Waals surface area contributed by atoms with E-state index in [-0.39, 0.29) is 12.0 Å². The Hall–Kier alpha value is -3.05. The van der Waals surface area contributed by atoms with E-state index in [1.54, 1.807) is 18.3 Å². The van der Waals surface area contributed by atoms with Crippen molar-refractivity contribution in [1.82, 2.24) is 4.98 Å². The lowest BCUT2D eigenvalue weighted by molar-refractivity contribution is 0.102. The van der Waals surface area contributed by atoms with Gasteiger partial charge < -0.3 is 15.4 Å². The number of hydrogen-bond donors (Lipinski definition) is 2. The van der Waals surface area contributed by atoms with Crippen molar-refractivity contribution < 1.29 is 9.53 Å². The molecule has 28 heavy (non-hydrogen) atoms. The van der Waals surface area contributed by atoms with Gasteiger partial charge in [0.05, 0.1) is 6.10 Å². The number of ether oxygens (including phenoxy) is 1. The molecule has 0 aliphatic heterocycles. The molecule has 0 saturated carbocycles. The van der Waals surface area contributed by atoms with Crippen molar-refractivity contribution in [2.24, 2.45) is 0 Å². The lowest BCUT2D eigenvalue weighted by atomic mass is 10.2. The Bertz CT molecular complexity index is 925. The van der Waals surface area contributed by atoms with Gasteiger partial charge in [0.1, 0.15) is 11.6 Å². The molecule has 0 atom stereocenters. The van der Waals surface area contributed by atoms with Crippen molar-refractivity contribution in [1.29, 1.82) is 0 Å². The molecule has 0 fully saturated rings. The van der Waals surface area contributed by atoms with E-state index in [0.717, 1.165) is 11.3 Å². The first-order valence-corrected chi connectivity index (χ1v) is 9.40. The quantitative estimate of drug-likeness (QED) is 0.563. The number of benzene rings is 2. The van der Waals surface area contributed by atoms with Crippen LogP contribution in [0.3, 0.4) is 0 Å². The topological polar surface area (TPSA) is 63.2 Å². The van der Waals surface area contributed by atoms with Gasteiger partial charge in [-0.1, -0.05) is 23.7 Å². The number of rotatable bonds is 7. The predicted molar refractivity (Wildman–Crippen MR) is 113 cm³/mol. The summed E-state index contributed by atoms with van der Waals surface area (Å²) >= 11 is 5.90. The summed E-state index contributed by atoms with van der Waals surface area (Å²) in [6, 6.07) is 18.3. The first kappa shape index (κ1) is 19.7. The average Bonchev–Trinajstić information content (AvgIpc) is 2.69. The number of pyridine rings is 1. The van der Waals surface area contributed by atoms with Gasteiger partial charge in [0.2, 0.25) is 0 Å². The smallest absolute Gasteiger partial charge is 0.255 e. The first-order valence-electron chi connectivity index (χ1n) is 9.02. The van der Waals surface area contributed by atoms with Gasteiger partial charge in [0, 0.05) is 29.0 Å². The summed E-state index contributed by atoms with van der Waals surface area (Å²) in [5.74, 6) is 1.20. The lowest BCUT2D eigenvalue weighted by Crippen LogP contribution is -2.13. The van der Waals surface area contributed by atoms with E-state index in [1.807, 2.05) is 62.4 Å². The summed E-state index contributed by atoms with van der Waals surface area (Å²) in [5, 5.41) is 6.79. The largest absolute Gasteiger partial charge is 0.491 e. The van der Waals surface area contributed by atoms with Gasteiger partial charge in [-0.05, 0) is 67.9 Å². The molecule has 2 aromatic carbocycles. The number of carbonyl (C=O) groups excluding carboxylic acids is 1. The maximum Gasteiger partial charge on any atom is 0.255 e. The highest BCUT2D eigenvalue weighted by Gasteiger charge is 2.08. The van der Waals surface area contributed by atoms with Gasteiger partial charge in [-0.15, -0.1) is 0 Å². The first-order chi connectivity index (χ1) is 13.5. The van der Waals surface area contributed by atoms with Crippen LogP contribution in [0.4, 0.5) is 11.5 Å². The van der Waals surface area contributed by atoms with Crippen LogP contribution in [0, 0.1) is 0 Å². The highest BCUT2D eigenvalue weighted by atomic mass is 35.5. The van der Waals surface area contributed by atoms with E-state index >= 15 is 0 Å². The van der Waals surface area contributed by atoms with Crippen LogP contribution in [0.1, 0.15) is 29.8 Å². The second kappa shape index (κ2) is 9.24. The standard InChI is InChI=1S/C22H22ClN3O2/c1-15(2)28-20-9-7-19(8-10-20)26-22(27)17-11-12-24-21(13-17)25-14-16-3-5-18(23)6-4-16/h3-13,15H,14H2,1-2H3,(H,24,25)(H,26,27). The fourth-order valence-corrected chi connectivity index (χ4v) is 2.68. The van der Waals surface area contributed by atoms with Gasteiger partial charge in [-0.3, -0.25) is 4.79 Å². The van der Waals surface area contributed by atoms with Crippen LogP contribution >= 0.6 is 11.6 Å². The number of anilines is 2. The summed E-state index contributed by atoms with van der Waals surface area (Å²) < 4.78 is 5.61. The molecule has 1 amide bonds. The highest BCUT2D eigenvalue weighted by Crippen LogP contribution is 2.18. The lowest BCUT2D eigenvalue weighted by Gasteiger charge is -2.11. The Morgan fingerprint density at radius 3 is 2.46 bits per heavy atom. The van der Waals surface area contributed by atoms with Crippen LogP contribution in [0.2, 0.25) is 5.02 Å². The summed E-state index contributed by atoms with van der Waals surface area (Å²) in [7, 11) is 0. The van der Waals surface area contributed by atoms with Crippen molar-refractivity contribution in [2.45, 2.75) is 26.5 Å². The Balaban J connectivity index is 1.60. The van der Waals surface area contributed by atoms with E-state index in [0.29, 0.717) is 28.6 Å². The minimum Gasteiger partial charge on any atom is -0.491 e. The third kappa shape index (κ3) is 5.72. The molecule has 0 aliphatic rings. The number of carbonyl (C=O) groups is 1. The van der Waals surface area contributed by atoms with Crippen molar-refractivity contribution in [3.8, 4) is 5.75 Å². The van der Waals surface area contributed by atoms with Crippen molar-refractivity contribution in [3.63, 3.8) is 0 Å². The molecule has 6 heteroatoms. The number of nitrogens with one attached hydrogen (secondary N) is 2. The van der Waals surface area contributed by atoms with Crippen LogP contribution < -0.4 is 15.4 Å². The maximum absolute atomic E-state index is 12.5. The SMILES string of the molecule is CC(C)Oc1ccc(NC(=O)c2ccnc(NCc3ccc(Cl)cc3)c2)cc1. The third-order valence-corrected chi connectivity index (χ3v) is 4.14. The minimum atomic E-state index is -0.200. The van der Waals surface area contributed by atoms with E-state index < -0.39 is 0 Å². The average molecular weight is 396 g/mol. The van der Waals surface area contributed by atoms with E-state index in [2.05, 4.69) is 15.6 Å². The zero-order chi connectivity index (χ0) is 19.9. The van der Waals surface area contributed by atoms with Crippen molar-refractivity contribution in [2.75, 3.05) is 10.6 Å². The second-order valence-electron chi connectivity index (χ2n) is 6.55. The highest BCUT2D eigenvalue weighted by molar-refractivity contribution is 6.30. The van der Waals surface area contributed by atoms with Crippen molar-refractivity contribution >= 4 is 29.0 Å². The molecule has 144 valence electrons. The van der Waals surface area contributed by atoms with E-state index in [4.69, 9.17) is 16.3 Å². The molecular weight excluding hydrogens is 374 g/mol. The zero-order valence-corrected chi connectivity index (χ0v) is 16.5. The summed E-state index contributed by atoms with van der Waals surface area (Å²) in [6.45, 7) is 4.53. The molecule has 0 spiro atoms. The number of hydrogen-bond acceptors (Lipinski definition) is 4. The fourth-order valence-electron chi connectivity index (χ4n) is 2.56. The maximum atomic E-state index is 12.5. The van der Waals surface area contributed by atoms with Crippen LogP contribution in [-0.4, -0.2) is 17.0 Å². The van der Waals surface area contributed by atoms with E-state index in [9.17, 15) is 4.79 Å². The van der Waals surface area contributed by atoms with Gasteiger partial charge in [0.25, 0.3) is 5.91 Å². The molecule has 0 aliphatic carbocycles.